The fourth-order valence-electron chi connectivity index (χ4n) is 2.85. The molecular formula is C10H19N. The van der Waals surface area contributed by atoms with Crippen LogP contribution in [0.15, 0.2) is 0 Å². The quantitative estimate of drug-likeness (QED) is 0.647. The van der Waals surface area contributed by atoms with Crippen LogP contribution in [-0.4, -0.2) is 6.54 Å². The third kappa shape index (κ3) is 1.31. The molecule has 1 atom stereocenters. The highest BCUT2D eigenvalue weighted by Gasteiger charge is 2.49. The molecule has 2 saturated carbocycles. The summed E-state index contributed by atoms with van der Waals surface area (Å²) in [4.78, 5) is 0. The Bertz CT molecular complexity index is 136. The van der Waals surface area contributed by atoms with Gasteiger partial charge in [-0.25, -0.2) is 0 Å². The zero-order chi connectivity index (χ0) is 7.73. The van der Waals surface area contributed by atoms with Crippen molar-refractivity contribution >= 4 is 0 Å². The van der Waals surface area contributed by atoms with E-state index in [1.807, 2.05) is 0 Å². The highest BCUT2D eigenvalue weighted by Crippen LogP contribution is 2.60. The van der Waals surface area contributed by atoms with Crippen molar-refractivity contribution in [2.75, 3.05) is 6.54 Å². The Morgan fingerprint density at radius 2 is 2.00 bits per heavy atom. The molecule has 2 fully saturated rings. The van der Waals surface area contributed by atoms with Gasteiger partial charge in [0.2, 0.25) is 0 Å². The molecule has 2 rings (SSSR count). The Kier molecular flexibility index (Phi) is 1.92. The van der Waals surface area contributed by atoms with Gasteiger partial charge in [0.15, 0.2) is 0 Å². The van der Waals surface area contributed by atoms with Crippen molar-refractivity contribution in [3.63, 3.8) is 0 Å². The van der Waals surface area contributed by atoms with Crippen molar-refractivity contribution in [2.24, 2.45) is 17.1 Å². The molecular weight excluding hydrogens is 134 g/mol. The number of rotatable bonds is 2. The summed E-state index contributed by atoms with van der Waals surface area (Å²) in [7, 11) is 0. The molecule has 1 spiro atoms. The molecule has 0 aromatic rings. The van der Waals surface area contributed by atoms with Crippen LogP contribution in [0.2, 0.25) is 0 Å². The maximum absolute atomic E-state index is 5.61. The third-order valence-corrected chi connectivity index (χ3v) is 3.75. The van der Waals surface area contributed by atoms with Crippen LogP contribution < -0.4 is 5.73 Å². The molecule has 0 aliphatic heterocycles. The Hall–Kier alpha value is -0.0400. The smallest absolute Gasteiger partial charge is 0.00744 e. The molecule has 64 valence electrons. The van der Waals surface area contributed by atoms with Crippen LogP contribution in [0.4, 0.5) is 0 Å². The van der Waals surface area contributed by atoms with Crippen molar-refractivity contribution in [1.29, 1.82) is 0 Å². The summed E-state index contributed by atoms with van der Waals surface area (Å²) in [5.74, 6) is 1.00. The lowest BCUT2D eigenvalue weighted by molar-refractivity contribution is 0.203. The summed E-state index contributed by atoms with van der Waals surface area (Å²) >= 11 is 0. The van der Waals surface area contributed by atoms with E-state index in [0.29, 0.717) is 0 Å². The molecule has 11 heavy (non-hydrogen) atoms. The number of hydrogen-bond acceptors (Lipinski definition) is 1. The van der Waals surface area contributed by atoms with E-state index in [1.54, 1.807) is 0 Å². The van der Waals surface area contributed by atoms with E-state index in [0.717, 1.165) is 17.9 Å². The van der Waals surface area contributed by atoms with Gasteiger partial charge in [0, 0.05) is 0 Å². The predicted molar refractivity (Wildman–Crippen MR) is 47.3 cm³/mol. The first-order valence-electron chi connectivity index (χ1n) is 5.07. The third-order valence-electron chi connectivity index (χ3n) is 3.75. The van der Waals surface area contributed by atoms with Crippen molar-refractivity contribution in [1.82, 2.24) is 0 Å². The second-order valence-corrected chi connectivity index (χ2v) is 4.38. The van der Waals surface area contributed by atoms with Gasteiger partial charge >= 0.3 is 0 Å². The normalized spacial score (nSPS) is 34.1. The predicted octanol–water partition coefficient (Wildman–Crippen LogP) is 2.31. The standard InChI is InChI=1S/C10H19N/c11-8-4-9-3-1-2-5-10(9)6-7-10/h9H,1-8,11H2. The minimum absolute atomic E-state index is 0.817. The zero-order valence-corrected chi connectivity index (χ0v) is 7.31. The van der Waals surface area contributed by atoms with Crippen LogP contribution >= 0.6 is 0 Å². The lowest BCUT2D eigenvalue weighted by Crippen LogP contribution is -2.23. The van der Waals surface area contributed by atoms with Gasteiger partial charge in [-0.05, 0) is 50.0 Å². The zero-order valence-electron chi connectivity index (χ0n) is 7.31. The van der Waals surface area contributed by atoms with Gasteiger partial charge in [0.25, 0.3) is 0 Å². The first kappa shape index (κ1) is 7.60. The van der Waals surface area contributed by atoms with Crippen LogP contribution in [0.25, 0.3) is 0 Å². The van der Waals surface area contributed by atoms with Crippen molar-refractivity contribution < 1.29 is 0 Å². The number of hydrogen-bond donors (Lipinski definition) is 1. The van der Waals surface area contributed by atoms with Gasteiger partial charge in [-0.1, -0.05) is 12.8 Å². The van der Waals surface area contributed by atoms with E-state index >= 15 is 0 Å². The molecule has 1 heteroatoms. The molecule has 2 aliphatic rings. The van der Waals surface area contributed by atoms with Gasteiger partial charge in [0.1, 0.15) is 0 Å². The van der Waals surface area contributed by atoms with Gasteiger partial charge < -0.3 is 5.73 Å². The molecule has 0 radical (unpaired) electrons. The van der Waals surface area contributed by atoms with E-state index in [4.69, 9.17) is 5.73 Å². The Labute approximate surface area is 69.4 Å². The lowest BCUT2D eigenvalue weighted by atomic mass is 9.75. The largest absolute Gasteiger partial charge is 0.330 e. The Morgan fingerprint density at radius 1 is 1.18 bits per heavy atom. The average molecular weight is 153 g/mol. The molecule has 0 amide bonds. The molecule has 0 heterocycles. The summed E-state index contributed by atoms with van der Waals surface area (Å²) in [5.41, 5.74) is 6.43. The van der Waals surface area contributed by atoms with Crippen molar-refractivity contribution in [3.05, 3.63) is 0 Å². The fourth-order valence-corrected chi connectivity index (χ4v) is 2.85. The molecule has 0 saturated heterocycles. The summed E-state index contributed by atoms with van der Waals surface area (Å²) in [6.07, 6.45) is 10.2. The molecule has 2 N–H and O–H groups in total. The molecule has 1 nitrogen and oxygen atoms in total. The maximum atomic E-state index is 5.61. The van der Waals surface area contributed by atoms with E-state index in [2.05, 4.69) is 0 Å². The summed E-state index contributed by atoms with van der Waals surface area (Å²) < 4.78 is 0. The average Bonchev–Trinajstić information content (AvgIpc) is 2.77. The van der Waals surface area contributed by atoms with Crippen LogP contribution in [0.1, 0.15) is 44.9 Å². The van der Waals surface area contributed by atoms with Gasteiger partial charge in [-0.3, -0.25) is 0 Å². The van der Waals surface area contributed by atoms with Gasteiger partial charge in [-0.15, -0.1) is 0 Å². The highest BCUT2D eigenvalue weighted by molar-refractivity contribution is 5.00. The molecule has 0 bridgehead atoms. The van der Waals surface area contributed by atoms with Gasteiger partial charge in [0.05, 0.1) is 0 Å². The summed E-state index contributed by atoms with van der Waals surface area (Å²) in [5, 5.41) is 0. The van der Waals surface area contributed by atoms with Crippen LogP contribution in [0.3, 0.4) is 0 Å². The van der Waals surface area contributed by atoms with Crippen LogP contribution in [-0.2, 0) is 0 Å². The SMILES string of the molecule is NCCC1CCCCC12CC2. The molecule has 0 aromatic heterocycles. The van der Waals surface area contributed by atoms with Crippen LogP contribution in [0.5, 0.6) is 0 Å². The highest BCUT2D eigenvalue weighted by atomic mass is 14.6. The van der Waals surface area contributed by atoms with Crippen LogP contribution in [0, 0.1) is 11.3 Å². The number of nitrogens with two attached hydrogens (primary N) is 1. The minimum Gasteiger partial charge on any atom is -0.330 e. The van der Waals surface area contributed by atoms with E-state index in [1.165, 1.54) is 44.9 Å². The first-order valence-corrected chi connectivity index (χ1v) is 5.07. The van der Waals surface area contributed by atoms with Crippen molar-refractivity contribution in [3.8, 4) is 0 Å². The van der Waals surface area contributed by atoms with E-state index in [-0.39, 0.29) is 0 Å². The minimum atomic E-state index is 0.817. The summed E-state index contributed by atoms with van der Waals surface area (Å²) in [6, 6.07) is 0. The van der Waals surface area contributed by atoms with E-state index < -0.39 is 0 Å². The Balaban J connectivity index is 1.93. The topological polar surface area (TPSA) is 26.0 Å². The van der Waals surface area contributed by atoms with E-state index in [9.17, 15) is 0 Å². The summed E-state index contributed by atoms with van der Waals surface area (Å²) in [6.45, 7) is 0.909. The molecule has 0 aromatic carbocycles. The Morgan fingerprint density at radius 3 is 2.64 bits per heavy atom. The van der Waals surface area contributed by atoms with Gasteiger partial charge in [-0.2, -0.15) is 0 Å². The van der Waals surface area contributed by atoms with Crippen molar-refractivity contribution in [2.45, 2.75) is 44.9 Å². The molecule has 1 unspecified atom stereocenters. The molecule has 2 aliphatic carbocycles. The second-order valence-electron chi connectivity index (χ2n) is 4.38. The first-order chi connectivity index (χ1) is 5.37. The maximum Gasteiger partial charge on any atom is -0.00744 e. The second kappa shape index (κ2) is 2.78. The fraction of sp³-hybridized carbons (Fsp3) is 1.00. The lowest BCUT2D eigenvalue weighted by Gasteiger charge is -2.31. The monoisotopic (exact) mass is 153 g/mol.